The second kappa shape index (κ2) is 6.21. The predicted octanol–water partition coefficient (Wildman–Crippen LogP) is 2.71. The van der Waals surface area contributed by atoms with E-state index in [0.717, 1.165) is 18.0 Å². The van der Waals surface area contributed by atoms with E-state index in [1.165, 1.54) is 6.07 Å². The van der Waals surface area contributed by atoms with Crippen molar-refractivity contribution in [2.45, 2.75) is 20.1 Å². The van der Waals surface area contributed by atoms with Crippen LogP contribution in [0.2, 0.25) is 0 Å². The van der Waals surface area contributed by atoms with E-state index >= 15 is 0 Å². The first-order chi connectivity index (χ1) is 9.65. The average Bonchev–Trinajstić information content (AvgIpc) is 2.96. The number of furan rings is 1. The number of hydrogen-bond acceptors (Lipinski definition) is 5. The number of hydrogen-bond donors (Lipinski definition) is 1. The molecule has 0 amide bonds. The van der Waals surface area contributed by atoms with Gasteiger partial charge >= 0.3 is 0 Å². The molecule has 106 valence electrons. The van der Waals surface area contributed by atoms with Gasteiger partial charge in [0.2, 0.25) is 0 Å². The molecule has 20 heavy (non-hydrogen) atoms. The Morgan fingerprint density at radius 3 is 2.75 bits per heavy atom. The van der Waals surface area contributed by atoms with Crippen molar-refractivity contribution in [2.75, 3.05) is 11.4 Å². The van der Waals surface area contributed by atoms with E-state index in [2.05, 4.69) is 0 Å². The largest absolute Gasteiger partial charge is 0.467 e. The number of nitro groups is 1. The van der Waals surface area contributed by atoms with Crippen LogP contribution < -0.4 is 4.90 Å². The molecule has 1 aromatic carbocycles. The first-order valence-electron chi connectivity index (χ1n) is 6.31. The molecule has 0 fully saturated rings. The third-order valence-corrected chi connectivity index (χ3v) is 3.10. The van der Waals surface area contributed by atoms with Crippen LogP contribution in [0.3, 0.4) is 0 Å². The Hall–Kier alpha value is -2.34. The number of rotatable bonds is 6. The fraction of sp³-hybridized carbons (Fsp3) is 0.286. The van der Waals surface area contributed by atoms with Gasteiger partial charge in [0.15, 0.2) is 0 Å². The van der Waals surface area contributed by atoms with E-state index in [9.17, 15) is 15.2 Å². The van der Waals surface area contributed by atoms with Crippen molar-refractivity contribution >= 4 is 11.4 Å². The highest BCUT2D eigenvalue weighted by Crippen LogP contribution is 2.26. The van der Waals surface area contributed by atoms with E-state index in [0.29, 0.717) is 12.1 Å². The van der Waals surface area contributed by atoms with Crippen LogP contribution in [-0.4, -0.2) is 16.6 Å². The number of aliphatic hydroxyl groups excluding tert-OH is 1. The maximum atomic E-state index is 10.9. The zero-order valence-electron chi connectivity index (χ0n) is 11.2. The highest BCUT2D eigenvalue weighted by Gasteiger charge is 2.16. The molecule has 1 aromatic heterocycles. The third kappa shape index (κ3) is 2.97. The van der Waals surface area contributed by atoms with Crippen LogP contribution in [-0.2, 0) is 13.2 Å². The smallest absolute Gasteiger partial charge is 0.275 e. The van der Waals surface area contributed by atoms with Gasteiger partial charge in [0.25, 0.3) is 5.69 Å². The van der Waals surface area contributed by atoms with E-state index in [4.69, 9.17) is 4.42 Å². The molecule has 0 saturated heterocycles. The van der Waals surface area contributed by atoms with E-state index in [-0.39, 0.29) is 12.3 Å². The zero-order chi connectivity index (χ0) is 14.5. The van der Waals surface area contributed by atoms with Gasteiger partial charge in [0.05, 0.1) is 29.9 Å². The molecule has 1 heterocycles. The van der Waals surface area contributed by atoms with Crippen LogP contribution >= 0.6 is 0 Å². The molecule has 0 bridgehead atoms. The first kappa shape index (κ1) is 14.1. The Labute approximate surface area is 116 Å². The van der Waals surface area contributed by atoms with Gasteiger partial charge in [-0.2, -0.15) is 0 Å². The first-order valence-corrected chi connectivity index (χ1v) is 6.31. The van der Waals surface area contributed by atoms with Crippen LogP contribution in [0.25, 0.3) is 0 Å². The van der Waals surface area contributed by atoms with Crippen molar-refractivity contribution < 1.29 is 14.4 Å². The fourth-order valence-corrected chi connectivity index (χ4v) is 2.05. The van der Waals surface area contributed by atoms with Gasteiger partial charge in [-0.15, -0.1) is 0 Å². The Balaban J connectivity index is 2.28. The molecule has 6 nitrogen and oxygen atoms in total. The van der Waals surface area contributed by atoms with E-state index in [1.807, 2.05) is 24.0 Å². The van der Waals surface area contributed by atoms with Crippen LogP contribution in [0.4, 0.5) is 11.4 Å². The Morgan fingerprint density at radius 1 is 1.40 bits per heavy atom. The molecular weight excluding hydrogens is 260 g/mol. The Kier molecular flexibility index (Phi) is 4.37. The van der Waals surface area contributed by atoms with Gasteiger partial charge in [0, 0.05) is 18.3 Å². The lowest BCUT2D eigenvalue weighted by molar-refractivity contribution is -0.385. The summed E-state index contributed by atoms with van der Waals surface area (Å²) in [6, 6.07) is 8.44. The van der Waals surface area contributed by atoms with Crippen LogP contribution in [0.1, 0.15) is 18.2 Å². The minimum Gasteiger partial charge on any atom is -0.467 e. The summed E-state index contributed by atoms with van der Waals surface area (Å²) in [5.41, 5.74) is 1.06. The molecule has 0 aliphatic heterocycles. The molecule has 0 atom stereocenters. The molecular formula is C14H16N2O4. The number of anilines is 1. The van der Waals surface area contributed by atoms with Crippen LogP contribution in [0.15, 0.2) is 41.0 Å². The van der Waals surface area contributed by atoms with Crippen molar-refractivity contribution in [3.63, 3.8) is 0 Å². The van der Waals surface area contributed by atoms with Crippen LogP contribution in [0, 0.1) is 10.1 Å². The molecule has 0 aliphatic rings. The molecule has 6 heteroatoms. The standard InChI is InChI=1S/C14H16N2O4/c1-2-15(9-13-4-3-7-20-13)12-5-6-14(16(18)19)11(8-12)10-17/h3-8,17H,2,9-10H2,1H3. The number of aliphatic hydroxyl groups is 1. The Morgan fingerprint density at radius 2 is 2.20 bits per heavy atom. The SMILES string of the molecule is CCN(Cc1ccco1)c1ccc([N+](=O)[O-])c(CO)c1. The zero-order valence-corrected chi connectivity index (χ0v) is 11.2. The molecule has 0 unspecified atom stereocenters. The number of nitrogens with zero attached hydrogens (tertiary/aromatic N) is 2. The maximum absolute atomic E-state index is 10.9. The van der Waals surface area contributed by atoms with Crippen LogP contribution in [0.5, 0.6) is 0 Å². The summed E-state index contributed by atoms with van der Waals surface area (Å²) in [4.78, 5) is 12.4. The molecule has 2 rings (SSSR count). The van der Waals surface area contributed by atoms with Gasteiger partial charge in [-0.3, -0.25) is 10.1 Å². The summed E-state index contributed by atoms with van der Waals surface area (Å²) in [5.74, 6) is 0.816. The summed E-state index contributed by atoms with van der Waals surface area (Å²) in [5, 5.41) is 20.1. The van der Waals surface area contributed by atoms with Gasteiger partial charge in [-0.25, -0.2) is 0 Å². The molecule has 0 saturated carbocycles. The Bertz CT molecular complexity index is 581. The molecule has 0 aliphatic carbocycles. The van der Waals surface area contributed by atoms with Gasteiger partial charge in [0.1, 0.15) is 5.76 Å². The summed E-state index contributed by atoms with van der Waals surface area (Å²) in [6.45, 7) is 2.93. The van der Waals surface area contributed by atoms with Crippen molar-refractivity contribution in [1.82, 2.24) is 0 Å². The lowest BCUT2D eigenvalue weighted by Crippen LogP contribution is -2.21. The summed E-state index contributed by atoms with van der Waals surface area (Å²) >= 11 is 0. The quantitative estimate of drug-likeness (QED) is 0.648. The molecule has 0 radical (unpaired) electrons. The second-order valence-corrected chi connectivity index (χ2v) is 4.32. The van der Waals surface area contributed by atoms with Crippen molar-refractivity contribution in [1.29, 1.82) is 0 Å². The summed E-state index contributed by atoms with van der Waals surface area (Å²) in [7, 11) is 0. The molecule has 1 N–H and O–H groups in total. The number of benzene rings is 1. The maximum Gasteiger partial charge on any atom is 0.275 e. The van der Waals surface area contributed by atoms with Gasteiger partial charge in [-0.1, -0.05) is 0 Å². The minimum atomic E-state index is -0.488. The molecule has 0 spiro atoms. The van der Waals surface area contributed by atoms with Gasteiger partial charge in [-0.05, 0) is 31.2 Å². The third-order valence-electron chi connectivity index (χ3n) is 3.10. The topological polar surface area (TPSA) is 79.8 Å². The van der Waals surface area contributed by atoms with E-state index in [1.54, 1.807) is 18.4 Å². The summed E-state index contributed by atoms with van der Waals surface area (Å²) < 4.78 is 5.31. The van der Waals surface area contributed by atoms with E-state index < -0.39 is 4.92 Å². The normalized spacial score (nSPS) is 10.5. The fourth-order valence-electron chi connectivity index (χ4n) is 2.05. The lowest BCUT2D eigenvalue weighted by Gasteiger charge is -2.22. The second-order valence-electron chi connectivity index (χ2n) is 4.32. The highest BCUT2D eigenvalue weighted by molar-refractivity contribution is 5.55. The minimum absolute atomic E-state index is 0.0645. The van der Waals surface area contributed by atoms with Crippen molar-refractivity contribution in [3.05, 3.63) is 58.0 Å². The monoisotopic (exact) mass is 276 g/mol. The number of nitro benzene ring substituents is 1. The average molecular weight is 276 g/mol. The van der Waals surface area contributed by atoms with Crippen molar-refractivity contribution in [3.8, 4) is 0 Å². The van der Waals surface area contributed by atoms with Crippen molar-refractivity contribution in [2.24, 2.45) is 0 Å². The van der Waals surface area contributed by atoms with Gasteiger partial charge < -0.3 is 14.4 Å². The predicted molar refractivity (Wildman–Crippen MR) is 74.5 cm³/mol. The lowest BCUT2D eigenvalue weighted by atomic mass is 10.1. The summed E-state index contributed by atoms with van der Waals surface area (Å²) in [6.07, 6.45) is 1.61. The highest BCUT2D eigenvalue weighted by atomic mass is 16.6. The molecule has 2 aromatic rings.